The van der Waals surface area contributed by atoms with E-state index in [1.807, 2.05) is 18.2 Å². The number of piperidine rings is 1. The number of nitrogens with one attached hydrogen (secondary N) is 1. The molecule has 1 aliphatic rings. The molecule has 0 unspecified atom stereocenters. The number of carbonyl (C=O) groups excluding carboxylic acids is 1. The van der Waals surface area contributed by atoms with Crippen molar-refractivity contribution < 1.29 is 9.18 Å². The van der Waals surface area contributed by atoms with Gasteiger partial charge in [-0.25, -0.2) is 4.39 Å². The number of carbonyl (C=O) groups is 1. The van der Waals surface area contributed by atoms with E-state index < -0.39 is 0 Å². The molecule has 4 nitrogen and oxygen atoms in total. The van der Waals surface area contributed by atoms with E-state index in [4.69, 9.17) is 0 Å². The van der Waals surface area contributed by atoms with E-state index in [0.717, 1.165) is 36.5 Å². The summed E-state index contributed by atoms with van der Waals surface area (Å²) in [5, 5.41) is 3.03. The lowest BCUT2D eigenvalue weighted by molar-refractivity contribution is -0.120. The maximum Gasteiger partial charge on any atom is 0.217 e. The van der Waals surface area contributed by atoms with Gasteiger partial charge in [0.25, 0.3) is 0 Å². The van der Waals surface area contributed by atoms with Gasteiger partial charge in [0.15, 0.2) is 0 Å². The molecule has 0 bridgehead atoms. The van der Waals surface area contributed by atoms with E-state index in [0.29, 0.717) is 11.5 Å². The molecule has 1 saturated heterocycles. The lowest BCUT2D eigenvalue weighted by atomic mass is 9.93. The second-order valence-electron chi connectivity index (χ2n) is 6.88. The van der Waals surface area contributed by atoms with Crippen molar-refractivity contribution in [1.82, 2.24) is 10.3 Å². The smallest absolute Gasteiger partial charge is 0.217 e. The van der Waals surface area contributed by atoms with Gasteiger partial charge >= 0.3 is 0 Å². The highest BCUT2D eigenvalue weighted by Gasteiger charge is 2.26. The van der Waals surface area contributed by atoms with E-state index in [2.05, 4.69) is 22.1 Å². The number of amides is 1. The molecular formula is C20H24FN3O. The lowest BCUT2D eigenvalue weighted by Crippen LogP contribution is -2.49. The number of aromatic nitrogens is 1. The second kappa shape index (κ2) is 7.21. The first kappa shape index (κ1) is 17.4. The zero-order chi connectivity index (χ0) is 18.0. The minimum atomic E-state index is -0.213. The first-order valence-corrected chi connectivity index (χ1v) is 8.68. The highest BCUT2D eigenvalue weighted by atomic mass is 19.1. The summed E-state index contributed by atoms with van der Waals surface area (Å²) in [6, 6.07) is 9.43. The number of rotatable bonds is 3. The largest absolute Gasteiger partial charge is 0.371 e. The van der Waals surface area contributed by atoms with E-state index in [-0.39, 0.29) is 17.8 Å². The summed E-state index contributed by atoms with van der Waals surface area (Å²) in [7, 11) is 0. The van der Waals surface area contributed by atoms with Gasteiger partial charge in [0.2, 0.25) is 5.91 Å². The Hall–Kier alpha value is -2.43. The molecule has 1 aromatic heterocycles. The highest BCUT2D eigenvalue weighted by Crippen LogP contribution is 2.27. The predicted molar refractivity (Wildman–Crippen MR) is 98.0 cm³/mol. The van der Waals surface area contributed by atoms with Gasteiger partial charge < -0.3 is 10.2 Å². The van der Waals surface area contributed by atoms with Crippen LogP contribution in [0, 0.1) is 18.7 Å². The molecule has 132 valence electrons. The van der Waals surface area contributed by atoms with Crippen LogP contribution < -0.4 is 10.2 Å². The van der Waals surface area contributed by atoms with Crippen LogP contribution in [0.5, 0.6) is 0 Å². The summed E-state index contributed by atoms with van der Waals surface area (Å²) in [5.74, 6) is 0.179. The number of hydrogen-bond donors (Lipinski definition) is 1. The SMILES string of the molecule is CC(=O)N[C@H]1CCN(c2ccnc(-c3ccc(C)c(F)c3)c2)C[C@H]1C. The van der Waals surface area contributed by atoms with Crippen molar-refractivity contribution in [3.63, 3.8) is 0 Å². The Bertz CT molecular complexity index is 777. The van der Waals surface area contributed by atoms with Crippen molar-refractivity contribution >= 4 is 11.6 Å². The topological polar surface area (TPSA) is 45.2 Å². The van der Waals surface area contributed by atoms with E-state index in [9.17, 15) is 9.18 Å². The fourth-order valence-corrected chi connectivity index (χ4v) is 3.38. The average Bonchev–Trinajstić information content (AvgIpc) is 2.59. The number of hydrogen-bond acceptors (Lipinski definition) is 3. The van der Waals surface area contributed by atoms with Crippen molar-refractivity contribution in [2.45, 2.75) is 33.2 Å². The minimum Gasteiger partial charge on any atom is -0.371 e. The van der Waals surface area contributed by atoms with E-state index in [1.54, 1.807) is 26.1 Å². The number of benzene rings is 1. The summed E-state index contributed by atoms with van der Waals surface area (Å²) >= 11 is 0. The standard InChI is InChI=1S/C20H24FN3O/c1-13-4-5-16(10-18(13)21)20-11-17(6-8-22-20)24-9-7-19(14(2)12-24)23-15(3)25/h4-6,8,10-11,14,19H,7,9,12H2,1-3H3,(H,23,25)/t14-,19+/m1/s1. The monoisotopic (exact) mass is 341 g/mol. The van der Waals surface area contributed by atoms with Crippen molar-refractivity contribution in [2.24, 2.45) is 5.92 Å². The average molecular weight is 341 g/mol. The molecule has 0 aliphatic carbocycles. The van der Waals surface area contributed by atoms with Crippen molar-refractivity contribution in [3.05, 3.63) is 47.9 Å². The molecule has 5 heteroatoms. The number of halogens is 1. The third kappa shape index (κ3) is 3.98. The van der Waals surface area contributed by atoms with Crippen LogP contribution in [0.2, 0.25) is 0 Å². The molecule has 2 heterocycles. The molecule has 2 aromatic rings. The molecule has 25 heavy (non-hydrogen) atoms. The molecule has 2 atom stereocenters. The zero-order valence-electron chi connectivity index (χ0n) is 14.9. The van der Waals surface area contributed by atoms with Gasteiger partial charge in [-0.15, -0.1) is 0 Å². The molecule has 3 rings (SSSR count). The maximum atomic E-state index is 13.8. The number of aryl methyl sites for hydroxylation is 1. The summed E-state index contributed by atoms with van der Waals surface area (Å²) in [4.78, 5) is 18.0. The first-order chi connectivity index (χ1) is 11.9. The summed E-state index contributed by atoms with van der Waals surface area (Å²) in [6.45, 7) is 7.22. The molecule has 1 aromatic carbocycles. The van der Waals surface area contributed by atoms with Crippen LogP contribution in [-0.2, 0) is 4.79 Å². The highest BCUT2D eigenvalue weighted by molar-refractivity contribution is 5.73. The van der Waals surface area contributed by atoms with Gasteiger partial charge in [0, 0.05) is 43.5 Å². The Kier molecular flexibility index (Phi) is 5.02. The molecule has 1 fully saturated rings. The summed E-state index contributed by atoms with van der Waals surface area (Å²) in [5.41, 5.74) is 3.27. The summed E-state index contributed by atoms with van der Waals surface area (Å²) in [6.07, 6.45) is 2.69. The van der Waals surface area contributed by atoms with Gasteiger partial charge in [-0.3, -0.25) is 9.78 Å². The molecule has 0 spiro atoms. The number of nitrogens with zero attached hydrogens (tertiary/aromatic N) is 2. The quantitative estimate of drug-likeness (QED) is 0.929. The third-order valence-electron chi connectivity index (χ3n) is 4.87. The van der Waals surface area contributed by atoms with Gasteiger partial charge in [-0.1, -0.05) is 19.1 Å². The van der Waals surface area contributed by atoms with Crippen LogP contribution in [0.4, 0.5) is 10.1 Å². The van der Waals surface area contributed by atoms with Gasteiger partial charge in [0.05, 0.1) is 5.69 Å². The predicted octanol–water partition coefficient (Wildman–Crippen LogP) is 3.55. The van der Waals surface area contributed by atoms with Crippen LogP contribution in [0.25, 0.3) is 11.3 Å². The van der Waals surface area contributed by atoms with Crippen LogP contribution in [0.1, 0.15) is 25.8 Å². The number of pyridine rings is 1. The van der Waals surface area contributed by atoms with Crippen molar-refractivity contribution in [1.29, 1.82) is 0 Å². The Morgan fingerprint density at radius 3 is 2.80 bits per heavy atom. The molecule has 1 N–H and O–H groups in total. The second-order valence-corrected chi connectivity index (χ2v) is 6.88. The van der Waals surface area contributed by atoms with Gasteiger partial charge in [-0.05, 0) is 43.0 Å². The fraction of sp³-hybridized carbons (Fsp3) is 0.400. The van der Waals surface area contributed by atoms with Crippen LogP contribution in [0.15, 0.2) is 36.5 Å². The molecular weight excluding hydrogens is 317 g/mol. The number of anilines is 1. The fourth-order valence-electron chi connectivity index (χ4n) is 3.38. The third-order valence-corrected chi connectivity index (χ3v) is 4.87. The first-order valence-electron chi connectivity index (χ1n) is 8.68. The summed E-state index contributed by atoms with van der Waals surface area (Å²) < 4.78 is 13.8. The molecule has 1 aliphatic heterocycles. The lowest BCUT2D eigenvalue weighted by Gasteiger charge is -2.38. The van der Waals surface area contributed by atoms with E-state index >= 15 is 0 Å². The Morgan fingerprint density at radius 2 is 2.12 bits per heavy atom. The van der Waals surface area contributed by atoms with Gasteiger partial charge in [-0.2, -0.15) is 0 Å². The van der Waals surface area contributed by atoms with Gasteiger partial charge in [0.1, 0.15) is 5.82 Å². The Morgan fingerprint density at radius 1 is 1.32 bits per heavy atom. The Labute approximate surface area is 148 Å². The molecule has 1 amide bonds. The minimum absolute atomic E-state index is 0.0258. The zero-order valence-corrected chi connectivity index (χ0v) is 14.9. The normalized spacial score (nSPS) is 20.4. The Balaban J connectivity index is 1.78. The van der Waals surface area contributed by atoms with Crippen molar-refractivity contribution in [2.75, 3.05) is 18.0 Å². The van der Waals surface area contributed by atoms with Crippen LogP contribution in [0.3, 0.4) is 0 Å². The van der Waals surface area contributed by atoms with Crippen LogP contribution >= 0.6 is 0 Å². The van der Waals surface area contributed by atoms with Crippen molar-refractivity contribution in [3.8, 4) is 11.3 Å². The van der Waals surface area contributed by atoms with E-state index in [1.165, 1.54) is 6.07 Å². The maximum absolute atomic E-state index is 13.8. The molecule has 0 radical (unpaired) electrons. The molecule has 0 saturated carbocycles. The van der Waals surface area contributed by atoms with Crippen LogP contribution in [-0.4, -0.2) is 30.0 Å².